The summed E-state index contributed by atoms with van der Waals surface area (Å²) in [5.41, 5.74) is 0. The second-order valence-corrected chi connectivity index (χ2v) is 7.49. The number of Topliss-reactive ketones (excluding diaryl/α,β-unsaturated/α-hetero) is 1. The number of piperidine rings is 2. The van der Waals surface area contributed by atoms with E-state index in [2.05, 4.69) is 16.8 Å². The maximum absolute atomic E-state index is 12.0. The second kappa shape index (κ2) is 7.03. The SMILES string of the molecule is CN1CCCC2CN(CCCC(=O)c3cccs3)CCC21. The van der Waals surface area contributed by atoms with E-state index < -0.39 is 0 Å². The number of likely N-dealkylation sites (tertiary alicyclic amines) is 2. The van der Waals surface area contributed by atoms with Crippen LogP contribution in [0.4, 0.5) is 0 Å². The molecule has 3 rings (SSSR count). The van der Waals surface area contributed by atoms with Crippen LogP contribution in [0.5, 0.6) is 0 Å². The topological polar surface area (TPSA) is 23.6 Å². The molecule has 2 unspecified atom stereocenters. The fraction of sp³-hybridized carbons (Fsp3) is 0.706. The maximum Gasteiger partial charge on any atom is 0.172 e. The molecule has 2 aliphatic heterocycles. The molecule has 3 nitrogen and oxygen atoms in total. The average molecular weight is 306 g/mol. The standard InChI is InChI=1S/C17H26N2OS/c1-18-9-2-5-14-13-19(11-8-15(14)18)10-3-6-16(20)17-7-4-12-21-17/h4,7,12,14-15H,2-3,5-6,8-11,13H2,1H3. The number of hydrogen-bond donors (Lipinski definition) is 0. The predicted octanol–water partition coefficient (Wildman–Crippen LogP) is 3.13. The molecule has 21 heavy (non-hydrogen) atoms. The van der Waals surface area contributed by atoms with Gasteiger partial charge in [-0.05, 0) is 69.7 Å². The van der Waals surface area contributed by atoms with Crippen molar-refractivity contribution in [2.75, 3.05) is 33.2 Å². The molecule has 0 aliphatic carbocycles. The molecule has 1 aromatic rings. The highest BCUT2D eigenvalue weighted by Crippen LogP contribution is 2.29. The van der Waals surface area contributed by atoms with Crippen molar-refractivity contribution in [1.82, 2.24) is 9.80 Å². The Kier molecular flexibility index (Phi) is 5.09. The molecule has 0 saturated carbocycles. The van der Waals surface area contributed by atoms with Gasteiger partial charge in [0, 0.05) is 19.0 Å². The lowest BCUT2D eigenvalue weighted by Crippen LogP contribution is -2.52. The van der Waals surface area contributed by atoms with Crippen LogP contribution in [0, 0.1) is 5.92 Å². The summed E-state index contributed by atoms with van der Waals surface area (Å²) in [6.07, 6.45) is 5.75. The van der Waals surface area contributed by atoms with Gasteiger partial charge in [0.2, 0.25) is 0 Å². The molecule has 0 N–H and O–H groups in total. The smallest absolute Gasteiger partial charge is 0.172 e. The molecule has 2 aliphatic rings. The largest absolute Gasteiger partial charge is 0.303 e. The van der Waals surface area contributed by atoms with E-state index in [1.807, 2.05) is 17.5 Å². The second-order valence-electron chi connectivity index (χ2n) is 6.54. The number of rotatable bonds is 5. The first-order chi connectivity index (χ1) is 10.2. The van der Waals surface area contributed by atoms with Gasteiger partial charge in [0.25, 0.3) is 0 Å². The first-order valence-corrected chi connectivity index (χ1v) is 9.11. The minimum absolute atomic E-state index is 0.317. The Morgan fingerprint density at radius 2 is 2.29 bits per heavy atom. The third kappa shape index (κ3) is 3.74. The molecule has 116 valence electrons. The lowest BCUT2D eigenvalue weighted by atomic mass is 9.84. The Bertz CT molecular complexity index is 459. The Hall–Kier alpha value is -0.710. The summed E-state index contributed by atoms with van der Waals surface area (Å²) in [4.78, 5) is 18.1. The highest BCUT2D eigenvalue weighted by atomic mass is 32.1. The molecule has 4 heteroatoms. The van der Waals surface area contributed by atoms with E-state index >= 15 is 0 Å². The summed E-state index contributed by atoms with van der Waals surface area (Å²) in [5.74, 6) is 1.17. The van der Waals surface area contributed by atoms with Crippen molar-refractivity contribution >= 4 is 17.1 Å². The van der Waals surface area contributed by atoms with E-state index in [1.54, 1.807) is 11.3 Å². The van der Waals surface area contributed by atoms with Gasteiger partial charge < -0.3 is 9.80 Å². The van der Waals surface area contributed by atoms with Crippen LogP contribution in [-0.4, -0.2) is 54.9 Å². The quantitative estimate of drug-likeness (QED) is 0.781. The van der Waals surface area contributed by atoms with E-state index in [4.69, 9.17) is 0 Å². The van der Waals surface area contributed by atoms with Crippen molar-refractivity contribution < 1.29 is 4.79 Å². The zero-order chi connectivity index (χ0) is 14.7. The van der Waals surface area contributed by atoms with E-state index in [0.717, 1.165) is 29.8 Å². The van der Waals surface area contributed by atoms with Gasteiger partial charge >= 0.3 is 0 Å². The van der Waals surface area contributed by atoms with Gasteiger partial charge in [-0.15, -0.1) is 11.3 Å². The van der Waals surface area contributed by atoms with Crippen LogP contribution in [0.1, 0.15) is 41.8 Å². The number of carbonyl (C=O) groups is 1. The molecular formula is C17H26N2OS. The normalized spacial score (nSPS) is 27.5. The Morgan fingerprint density at radius 3 is 3.10 bits per heavy atom. The highest BCUT2D eigenvalue weighted by Gasteiger charge is 2.33. The van der Waals surface area contributed by atoms with Crippen LogP contribution in [0.15, 0.2) is 17.5 Å². The Balaban J connectivity index is 1.41. The molecule has 0 spiro atoms. The highest BCUT2D eigenvalue weighted by molar-refractivity contribution is 7.12. The summed E-state index contributed by atoms with van der Waals surface area (Å²) in [6, 6.07) is 4.71. The molecule has 2 fully saturated rings. The van der Waals surface area contributed by atoms with Crippen molar-refractivity contribution in [3.05, 3.63) is 22.4 Å². The fourth-order valence-electron chi connectivity index (χ4n) is 3.95. The molecule has 0 amide bonds. The maximum atomic E-state index is 12.0. The van der Waals surface area contributed by atoms with E-state index in [0.29, 0.717) is 12.2 Å². The summed E-state index contributed by atoms with van der Waals surface area (Å²) < 4.78 is 0. The summed E-state index contributed by atoms with van der Waals surface area (Å²) in [5, 5.41) is 1.98. The number of carbonyl (C=O) groups excluding carboxylic acids is 1. The molecule has 0 aromatic carbocycles. The van der Waals surface area contributed by atoms with Crippen LogP contribution in [-0.2, 0) is 0 Å². The molecular weight excluding hydrogens is 280 g/mol. The van der Waals surface area contributed by atoms with Crippen molar-refractivity contribution in [3.63, 3.8) is 0 Å². The van der Waals surface area contributed by atoms with Crippen molar-refractivity contribution in [3.8, 4) is 0 Å². The first kappa shape index (κ1) is 15.2. The van der Waals surface area contributed by atoms with E-state index in [-0.39, 0.29) is 0 Å². The lowest BCUT2D eigenvalue weighted by molar-refractivity contribution is 0.0380. The number of thiophene rings is 1. The van der Waals surface area contributed by atoms with Crippen molar-refractivity contribution in [2.45, 2.75) is 38.1 Å². The van der Waals surface area contributed by atoms with Gasteiger partial charge in [0.05, 0.1) is 4.88 Å². The van der Waals surface area contributed by atoms with E-state index in [9.17, 15) is 4.79 Å². The van der Waals surface area contributed by atoms with E-state index in [1.165, 1.54) is 38.9 Å². The minimum atomic E-state index is 0.317. The predicted molar refractivity (Wildman–Crippen MR) is 88.1 cm³/mol. The molecule has 3 heterocycles. The fourth-order valence-corrected chi connectivity index (χ4v) is 4.65. The van der Waals surface area contributed by atoms with Gasteiger partial charge in [0.15, 0.2) is 5.78 Å². The molecule has 2 atom stereocenters. The molecule has 0 bridgehead atoms. The van der Waals surface area contributed by atoms with Gasteiger partial charge in [-0.1, -0.05) is 6.07 Å². The monoisotopic (exact) mass is 306 g/mol. The zero-order valence-corrected chi connectivity index (χ0v) is 13.8. The van der Waals surface area contributed by atoms with Crippen LogP contribution < -0.4 is 0 Å². The number of fused-ring (bicyclic) bond motifs is 1. The molecule has 0 radical (unpaired) electrons. The Morgan fingerprint density at radius 1 is 1.38 bits per heavy atom. The summed E-state index contributed by atoms with van der Waals surface area (Å²) in [7, 11) is 2.28. The zero-order valence-electron chi connectivity index (χ0n) is 13.0. The first-order valence-electron chi connectivity index (χ1n) is 8.23. The van der Waals surface area contributed by atoms with Gasteiger partial charge in [-0.25, -0.2) is 0 Å². The van der Waals surface area contributed by atoms with Gasteiger partial charge in [-0.3, -0.25) is 4.79 Å². The number of nitrogens with zero attached hydrogens (tertiary/aromatic N) is 2. The van der Waals surface area contributed by atoms with Crippen molar-refractivity contribution in [2.24, 2.45) is 5.92 Å². The van der Waals surface area contributed by atoms with Crippen LogP contribution >= 0.6 is 11.3 Å². The molecule has 2 saturated heterocycles. The average Bonchev–Trinajstić information content (AvgIpc) is 3.01. The minimum Gasteiger partial charge on any atom is -0.303 e. The number of hydrogen-bond acceptors (Lipinski definition) is 4. The van der Waals surface area contributed by atoms with Gasteiger partial charge in [-0.2, -0.15) is 0 Å². The van der Waals surface area contributed by atoms with Crippen molar-refractivity contribution in [1.29, 1.82) is 0 Å². The van der Waals surface area contributed by atoms with Crippen LogP contribution in [0.2, 0.25) is 0 Å². The number of ketones is 1. The molecule has 1 aromatic heterocycles. The third-order valence-corrected chi connectivity index (χ3v) is 6.01. The summed E-state index contributed by atoms with van der Waals surface area (Å²) >= 11 is 1.56. The Labute approximate surface area is 131 Å². The summed E-state index contributed by atoms with van der Waals surface area (Å²) in [6.45, 7) is 4.81. The van der Waals surface area contributed by atoms with Crippen LogP contribution in [0.25, 0.3) is 0 Å². The third-order valence-electron chi connectivity index (χ3n) is 5.10. The lowest BCUT2D eigenvalue weighted by Gasteiger charge is -2.46. The van der Waals surface area contributed by atoms with Gasteiger partial charge in [0.1, 0.15) is 0 Å². The van der Waals surface area contributed by atoms with Crippen LogP contribution in [0.3, 0.4) is 0 Å².